The molecular weight excluding hydrogens is 152 g/mol. The van der Waals surface area contributed by atoms with Crippen molar-refractivity contribution in [1.82, 2.24) is 0 Å². The van der Waals surface area contributed by atoms with E-state index in [0.29, 0.717) is 12.1 Å². The Morgan fingerprint density at radius 1 is 1.58 bits per heavy atom. The van der Waals surface area contributed by atoms with Crippen LogP contribution in [0.3, 0.4) is 0 Å². The third kappa shape index (κ3) is 2.27. The third-order valence-electron chi connectivity index (χ3n) is 1.48. The molecule has 12 heavy (non-hydrogen) atoms. The molecule has 0 unspecified atom stereocenters. The molecule has 0 aliphatic rings. The maximum absolute atomic E-state index is 10.5. The molecule has 1 aromatic rings. The number of benzene rings is 1. The van der Waals surface area contributed by atoms with Gasteiger partial charge in [-0.25, -0.2) is 4.79 Å². The molecule has 0 heterocycles. The summed E-state index contributed by atoms with van der Waals surface area (Å²) in [5, 5.41) is 2.49. The lowest BCUT2D eigenvalue weighted by Crippen LogP contribution is -2.19. The molecule has 3 heteroatoms. The molecule has 2 amide bonds. The first-order valence-corrected chi connectivity index (χ1v) is 3.67. The van der Waals surface area contributed by atoms with Gasteiger partial charge in [0.25, 0.3) is 0 Å². The zero-order valence-electron chi connectivity index (χ0n) is 6.71. The van der Waals surface area contributed by atoms with Crippen LogP contribution in [0.4, 0.5) is 10.5 Å². The molecule has 0 aliphatic heterocycles. The lowest BCUT2D eigenvalue weighted by Gasteiger charge is -2.02. The molecule has 1 aromatic carbocycles. The first-order chi connectivity index (χ1) is 5.72. The summed E-state index contributed by atoms with van der Waals surface area (Å²) in [6.07, 6.45) is 0.703. The fraction of sp³-hybridized carbons (Fsp3) is 0.111. The topological polar surface area (TPSA) is 55.1 Å². The first-order valence-electron chi connectivity index (χ1n) is 3.67. The number of anilines is 1. The number of urea groups is 1. The van der Waals surface area contributed by atoms with E-state index in [1.165, 1.54) is 0 Å². The smallest absolute Gasteiger partial charge is 0.316 e. The lowest BCUT2D eigenvalue weighted by molar-refractivity contribution is 0.259. The fourth-order valence-corrected chi connectivity index (χ4v) is 0.947. The number of primary amides is 1. The van der Waals surface area contributed by atoms with E-state index in [2.05, 4.69) is 12.2 Å². The zero-order valence-corrected chi connectivity index (χ0v) is 6.71. The van der Waals surface area contributed by atoms with Crippen LogP contribution in [0.25, 0.3) is 0 Å². The summed E-state index contributed by atoms with van der Waals surface area (Å²) in [5.41, 5.74) is 6.73. The van der Waals surface area contributed by atoms with E-state index < -0.39 is 6.03 Å². The number of amides is 2. The molecule has 3 N–H and O–H groups in total. The molecule has 0 bridgehead atoms. The Morgan fingerprint density at radius 3 is 2.92 bits per heavy atom. The van der Waals surface area contributed by atoms with Crippen LogP contribution in [0.15, 0.2) is 24.3 Å². The maximum atomic E-state index is 10.5. The van der Waals surface area contributed by atoms with Crippen LogP contribution in [0.1, 0.15) is 5.56 Å². The summed E-state index contributed by atoms with van der Waals surface area (Å²) in [5.74, 6) is 0. The van der Waals surface area contributed by atoms with Crippen molar-refractivity contribution >= 4 is 11.7 Å². The number of nitrogens with one attached hydrogen (secondary N) is 1. The standard InChI is InChI=1S/C9H11N2O/c1-2-7-4-3-5-8(6-7)11-9(10)12/h3-6H,1-2H2,(H3,10,11,12). The van der Waals surface area contributed by atoms with E-state index in [1.54, 1.807) is 6.07 Å². The van der Waals surface area contributed by atoms with E-state index in [-0.39, 0.29) is 0 Å². The van der Waals surface area contributed by atoms with Gasteiger partial charge in [-0.15, -0.1) is 0 Å². The lowest BCUT2D eigenvalue weighted by atomic mass is 10.1. The van der Waals surface area contributed by atoms with Gasteiger partial charge in [-0.2, -0.15) is 0 Å². The van der Waals surface area contributed by atoms with Crippen LogP contribution in [0, 0.1) is 6.92 Å². The largest absolute Gasteiger partial charge is 0.351 e. The summed E-state index contributed by atoms with van der Waals surface area (Å²) in [6.45, 7) is 3.73. The fourth-order valence-electron chi connectivity index (χ4n) is 0.947. The third-order valence-corrected chi connectivity index (χ3v) is 1.48. The molecule has 0 aliphatic carbocycles. The van der Waals surface area contributed by atoms with E-state index in [0.717, 1.165) is 5.56 Å². The van der Waals surface area contributed by atoms with Gasteiger partial charge in [0.05, 0.1) is 0 Å². The summed E-state index contributed by atoms with van der Waals surface area (Å²) >= 11 is 0. The van der Waals surface area contributed by atoms with Crippen molar-refractivity contribution in [3.05, 3.63) is 36.8 Å². The summed E-state index contributed by atoms with van der Waals surface area (Å²) in [6, 6.07) is 6.88. The van der Waals surface area contributed by atoms with Crippen molar-refractivity contribution in [1.29, 1.82) is 0 Å². The molecule has 0 fully saturated rings. The van der Waals surface area contributed by atoms with Gasteiger partial charge >= 0.3 is 6.03 Å². The molecule has 0 aromatic heterocycles. The van der Waals surface area contributed by atoms with Gasteiger partial charge in [-0.3, -0.25) is 0 Å². The zero-order chi connectivity index (χ0) is 8.97. The Labute approximate surface area is 71.6 Å². The van der Waals surface area contributed by atoms with Crippen molar-refractivity contribution in [2.75, 3.05) is 5.32 Å². The quantitative estimate of drug-likeness (QED) is 0.682. The predicted molar refractivity (Wildman–Crippen MR) is 48.7 cm³/mol. The van der Waals surface area contributed by atoms with Crippen LogP contribution in [-0.4, -0.2) is 6.03 Å². The number of carbonyl (C=O) groups is 1. The summed E-state index contributed by atoms with van der Waals surface area (Å²) < 4.78 is 0. The van der Waals surface area contributed by atoms with Gasteiger partial charge in [-0.1, -0.05) is 12.1 Å². The molecule has 0 spiro atoms. The van der Waals surface area contributed by atoms with Crippen molar-refractivity contribution < 1.29 is 4.79 Å². The van der Waals surface area contributed by atoms with Gasteiger partial charge in [0.2, 0.25) is 0 Å². The highest BCUT2D eigenvalue weighted by Crippen LogP contribution is 2.10. The summed E-state index contributed by atoms with van der Waals surface area (Å²) in [4.78, 5) is 10.5. The molecule has 3 nitrogen and oxygen atoms in total. The molecular formula is C9H11N2O. The van der Waals surface area contributed by atoms with Crippen molar-refractivity contribution in [3.63, 3.8) is 0 Å². The molecule has 1 rings (SSSR count). The highest BCUT2D eigenvalue weighted by molar-refractivity contribution is 5.87. The Bertz CT molecular complexity index is 284. The average Bonchev–Trinajstić information content (AvgIpc) is 2.03. The van der Waals surface area contributed by atoms with E-state index in [1.807, 2.05) is 18.2 Å². The second kappa shape index (κ2) is 3.76. The van der Waals surface area contributed by atoms with Crippen LogP contribution < -0.4 is 11.1 Å². The molecule has 1 radical (unpaired) electrons. The normalized spacial score (nSPS) is 9.42. The number of carbonyl (C=O) groups excluding carboxylic acids is 1. The van der Waals surface area contributed by atoms with E-state index in [9.17, 15) is 4.79 Å². The second-order valence-corrected chi connectivity index (χ2v) is 2.44. The van der Waals surface area contributed by atoms with Gasteiger partial charge in [-0.05, 0) is 31.0 Å². The highest BCUT2D eigenvalue weighted by atomic mass is 16.2. The molecule has 63 valence electrons. The SMILES string of the molecule is [CH2]Cc1cccc(NC(N)=O)c1. The van der Waals surface area contributed by atoms with Crippen LogP contribution in [0.2, 0.25) is 0 Å². The molecule has 0 atom stereocenters. The number of hydrogen-bond acceptors (Lipinski definition) is 1. The van der Waals surface area contributed by atoms with E-state index in [4.69, 9.17) is 5.73 Å². The Hall–Kier alpha value is -1.51. The number of nitrogens with two attached hydrogens (primary N) is 1. The minimum atomic E-state index is -0.545. The Morgan fingerprint density at radius 2 is 2.33 bits per heavy atom. The average molecular weight is 163 g/mol. The van der Waals surface area contributed by atoms with Gasteiger partial charge in [0.1, 0.15) is 0 Å². The second-order valence-electron chi connectivity index (χ2n) is 2.44. The van der Waals surface area contributed by atoms with Crippen molar-refractivity contribution in [3.8, 4) is 0 Å². The predicted octanol–water partition coefficient (Wildman–Crippen LogP) is 1.55. The van der Waals surface area contributed by atoms with Crippen LogP contribution in [-0.2, 0) is 6.42 Å². The number of hydrogen-bond donors (Lipinski definition) is 2. The van der Waals surface area contributed by atoms with Gasteiger partial charge < -0.3 is 11.1 Å². The van der Waals surface area contributed by atoms with E-state index >= 15 is 0 Å². The Balaban J connectivity index is 2.79. The number of rotatable bonds is 2. The summed E-state index contributed by atoms with van der Waals surface area (Å²) in [7, 11) is 0. The monoisotopic (exact) mass is 163 g/mol. The van der Waals surface area contributed by atoms with Crippen LogP contribution in [0.5, 0.6) is 0 Å². The van der Waals surface area contributed by atoms with Crippen molar-refractivity contribution in [2.45, 2.75) is 6.42 Å². The van der Waals surface area contributed by atoms with Gasteiger partial charge in [0, 0.05) is 5.69 Å². The van der Waals surface area contributed by atoms with Crippen LogP contribution >= 0.6 is 0 Å². The minimum Gasteiger partial charge on any atom is -0.351 e. The van der Waals surface area contributed by atoms with Gasteiger partial charge in [0.15, 0.2) is 0 Å². The minimum absolute atomic E-state index is 0.545. The maximum Gasteiger partial charge on any atom is 0.316 e. The Kier molecular flexibility index (Phi) is 2.69. The first kappa shape index (κ1) is 8.59. The molecule has 0 saturated heterocycles. The molecule has 0 saturated carbocycles. The van der Waals surface area contributed by atoms with Crippen molar-refractivity contribution in [2.24, 2.45) is 5.73 Å². The highest BCUT2D eigenvalue weighted by Gasteiger charge is 1.95.